The third-order valence-corrected chi connectivity index (χ3v) is 4.86. The second-order valence-electron chi connectivity index (χ2n) is 7.04. The van der Waals surface area contributed by atoms with Gasteiger partial charge in [0.05, 0.1) is 0 Å². The number of hydrogen-bond acceptors (Lipinski definition) is 3. The molecule has 2 aromatic carbocycles. The number of rotatable bonds is 6. The highest BCUT2D eigenvalue weighted by Crippen LogP contribution is 2.48. The van der Waals surface area contributed by atoms with E-state index in [0.717, 1.165) is 22.3 Å². The topological polar surface area (TPSA) is 55.8 Å². The van der Waals surface area contributed by atoms with E-state index in [1.165, 1.54) is 0 Å². The number of aryl methyl sites for hydroxylation is 2. The van der Waals surface area contributed by atoms with Gasteiger partial charge in [0.1, 0.15) is 11.5 Å². The highest BCUT2D eigenvalue weighted by atomic mass is 31.2. The zero-order valence-corrected chi connectivity index (χ0v) is 16.6. The fraction of sp³-hybridized carbons (Fsp3) is 0.400. The van der Waals surface area contributed by atoms with E-state index in [0.29, 0.717) is 11.5 Å². The smallest absolute Gasteiger partial charge is 0.395 e. The van der Waals surface area contributed by atoms with E-state index in [1.807, 2.05) is 65.8 Å². The first-order valence-corrected chi connectivity index (χ1v) is 10.0. The molecule has 0 saturated carbocycles. The molecule has 2 rings (SSSR count). The first-order valence-electron chi connectivity index (χ1n) is 8.52. The summed E-state index contributed by atoms with van der Waals surface area (Å²) in [6.45, 7) is 11.9. The van der Waals surface area contributed by atoms with Gasteiger partial charge in [-0.2, -0.15) is 0 Å². The van der Waals surface area contributed by atoms with E-state index in [4.69, 9.17) is 9.05 Å². The Morgan fingerprint density at radius 1 is 0.800 bits per heavy atom. The van der Waals surface area contributed by atoms with Gasteiger partial charge in [-0.1, -0.05) is 52.0 Å². The summed E-state index contributed by atoms with van der Waals surface area (Å²) in [5, 5.41) is 0. The average molecular weight is 362 g/mol. The molecule has 0 amide bonds. The minimum atomic E-state index is -4.31. The van der Waals surface area contributed by atoms with Crippen LogP contribution in [-0.2, 0) is 4.57 Å². The normalized spacial score (nSPS) is 11.9. The largest absolute Gasteiger partial charge is 0.584 e. The predicted octanol–water partition coefficient (Wildman–Crippen LogP) is 6.11. The van der Waals surface area contributed by atoms with Crippen molar-refractivity contribution in [3.8, 4) is 11.5 Å². The lowest BCUT2D eigenvalue weighted by Gasteiger charge is -2.20. The van der Waals surface area contributed by atoms with Crippen molar-refractivity contribution in [1.82, 2.24) is 0 Å². The van der Waals surface area contributed by atoms with Gasteiger partial charge in [-0.3, -0.25) is 4.89 Å². The predicted molar refractivity (Wildman–Crippen MR) is 102 cm³/mol. The van der Waals surface area contributed by atoms with Crippen LogP contribution in [0.3, 0.4) is 0 Å². The molecule has 0 unspecified atom stereocenters. The Bertz CT molecular complexity index is 733. The van der Waals surface area contributed by atoms with Crippen LogP contribution in [0.2, 0.25) is 0 Å². The lowest BCUT2D eigenvalue weighted by atomic mass is 10.0. The average Bonchev–Trinajstić information content (AvgIpc) is 2.45. The Labute approximate surface area is 150 Å². The van der Waals surface area contributed by atoms with Crippen molar-refractivity contribution in [1.29, 1.82) is 0 Å². The Kier molecular flexibility index (Phi) is 5.97. The Balaban J connectivity index is 2.34. The molecule has 0 spiro atoms. The Morgan fingerprint density at radius 2 is 1.16 bits per heavy atom. The van der Waals surface area contributed by atoms with Gasteiger partial charge in [-0.05, 0) is 60.1 Å². The van der Waals surface area contributed by atoms with Crippen molar-refractivity contribution in [2.24, 2.45) is 0 Å². The van der Waals surface area contributed by atoms with Crippen LogP contribution in [0.25, 0.3) is 0 Å². The van der Waals surface area contributed by atoms with Gasteiger partial charge in [0.15, 0.2) is 0 Å². The van der Waals surface area contributed by atoms with Gasteiger partial charge in [0.25, 0.3) is 0 Å². The van der Waals surface area contributed by atoms with Crippen LogP contribution in [0.5, 0.6) is 11.5 Å². The van der Waals surface area contributed by atoms with E-state index in [9.17, 15) is 9.46 Å². The van der Waals surface area contributed by atoms with Gasteiger partial charge < -0.3 is 9.05 Å². The molecule has 0 heterocycles. The first kappa shape index (κ1) is 19.6. The second-order valence-corrected chi connectivity index (χ2v) is 8.35. The summed E-state index contributed by atoms with van der Waals surface area (Å²) in [4.78, 5) is 10.3. The van der Waals surface area contributed by atoms with Crippen molar-refractivity contribution in [3.63, 3.8) is 0 Å². The minimum absolute atomic E-state index is 0.167. The molecule has 0 radical (unpaired) electrons. The van der Waals surface area contributed by atoms with Crippen LogP contribution in [0, 0.1) is 13.8 Å². The molecular formula is C20H27O4P. The molecule has 5 heteroatoms. The lowest BCUT2D eigenvalue weighted by Crippen LogP contribution is -2.05. The Morgan fingerprint density at radius 3 is 1.48 bits per heavy atom. The number of hydrogen-bond donors (Lipinski definition) is 1. The maximum atomic E-state index is 12.6. The molecular weight excluding hydrogens is 335 g/mol. The first-order chi connectivity index (χ1) is 11.6. The van der Waals surface area contributed by atoms with Crippen LogP contribution in [-0.4, -0.2) is 4.89 Å². The van der Waals surface area contributed by atoms with Gasteiger partial charge >= 0.3 is 7.82 Å². The quantitative estimate of drug-likeness (QED) is 0.630. The summed E-state index contributed by atoms with van der Waals surface area (Å²) in [6, 6.07) is 11.3. The van der Waals surface area contributed by atoms with Gasteiger partial charge in [-0.25, -0.2) is 4.57 Å². The van der Waals surface area contributed by atoms with Crippen LogP contribution in [0.1, 0.15) is 61.8 Å². The third kappa shape index (κ3) is 5.10. The maximum Gasteiger partial charge on any atom is 0.584 e. The number of benzene rings is 2. The van der Waals surface area contributed by atoms with Gasteiger partial charge in [-0.15, -0.1) is 0 Å². The zero-order chi connectivity index (χ0) is 18.8. The summed E-state index contributed by atoms with van der Waals surface area (Å²) in [6.07, 6.45) is 0. The summed E-state index contributed by atoms with van der Waals surface area (Å²) < 4.78 is 23.5. The molecule has 4 nitrogen and oxygen atoms in total. The minimum Gasteiger partial charge on any atom is -0.395 e. The molecule has 0 atom stereocenters. The summed E-state index contributed by atoms with van der Waals surface area (Å²) in [5.74, 6) is 1.11. The molecule has 1 N–H and O–H groups in total. The lowest BCUT2D eigenvalue weighted by molar-refractivity contribution is 0.288. The molecule has 0 aliphatic heterocycles. The highest BCUT2D eigenvalue weighted by Gasteiger charge is 2.28. The molecule has 25 heavy (non-hydrogen) atoms. The second kappa shape index (κ2) is 7.63. The molecule has 2 aromatic rings. The fourth-order valence-electron chi connectivity index (χ4n) is 2.66. The summed E-state index contributed by atoms with van der Waals surface area (Å²) in [7, 11) is -4.31. The molecule has 0 aromatic heterocycles. The van der Waals surface area contributed by atoms with E-state index in [1.54, 1.807) is 12.1 Å². The molecule has 0 saturated heterocycles. The standard InChI is InChI=1S/C20H27O4P/c1-13(2)17-9-7-15(5)11-19(17)23-25(21,22)24-20-12-16(6)8-10-18(20)14(3)4/h7-14H,1-6H3,(H,21,22). The monoisotopic (exact) mass is 362 g/mol. The molecule has 0 aliphatic carbocycles. The molecule has 0 fully saturated rings. The third-order valence-electron chi connectivity index (χ3n) is 4.01. The molecule has 136 valence electrons. The van der Waals surface area contributed by atoms with Crippen LogP contribution in [0.4, 0.5) is 0 Å². The Hall–Kier alpha value is -1.77. The summed E-state index contributed by atoms with van der Waals surface area (Å²) in [5.41, 5.74) is 3.66. The fourth-order valence-corrected chi connectivity index (χ4v) is 3.51. The van der Waals surface area contributed by atoms with Crippen LogP contribution >= 0.6 is 7.82 Å². The van der Waals surface area contributed by atoms with Crippen molar-refractivity contribution >= 4 is 7.82 Å². The van der Waals surface area contributed by atoms with Gasteiger partial charge in [0.2, 0.25) is 0 Å². The highest BCUT2D eigenvalue weighted by molar-refractivity contribution is 7.48. The maximum absolute atomic E-state index is 12.6. The van der Waals surface area contributed by atoms with Crippen LogP contribution < -0.4 is 9.05 Å². The number of phosphoric ester groups is 1. The number of phosphoric acid groups is 1. The van der Waals surface area contributed by atoms with E-state index in [2.05, 4.69) is 0 Å². The molecule has 0 aliphatic rings. The van der Waals surface area contributed by atoms with Crippen LogP contribution in [0.15, 0.2) is 36.4 Å². The molecule has 0 bridgehead atoms. The zero-order valence-electron chi connectivity index (χ0n) is 15.7. The van der Waals surface area contributed by atoms with Crippen molar-refractivity contribution in [2.75, 3.05) is 0 Å². The van der Waals surface area contributed by atoms with Crippen molar-refractivity contribution < 1.29 is 18.5 Å². The van der Waals surface area contributed by atoms with E-state index in [-0.39, 0.29) is 11.8 Å². The van der Waals surface area contributed by atoms with Crippen molar-refractivity contribution in [2.45, 2.75) is 53.4 Å². The van der Waals surface area contributed by atoms with Gasteiger partial charge in [0, 0.05) is 0 Å². The van der Waals surface area contributed by atoms with E-state index < -0.39 is 7.82 Å². The van der Waals surface area contributed by atoms with E-state index >= 15 is 0 Å². The van der Waals surface area contributed by atoms with Crippen molar-refractivity contribution in [3.05, 3.63) is 58.7 Å². The SMILES string of the molecule is Cc1ccc(C(C)C)c(OP(=O)(O)Oc2cc(C)ccc2C(C)C)c1. The summed E-state index contributed by atoms with van der Waals surface area (Å²) >= 11 is 0.